The third-order valence-corrected chi connectivity index (χ3v) is 4.86. The zero-order valence-corrected chi connectivity index (χ0v) is 13.1. The van der Waals surface area contributed by atoms with E-state index < -0.39 is 10.0 Å². The molecular weight excluding hydrogens is 310 g/mol. The Hall–Kier alpha value is -1.47. The molecule has 0 amide bonds. The van der Waals surface area contributed by atoms with Gasteiger partial charge in [0.1, 0.15) is 0 Å². The Bertz CT molecular complexity index is 748. The highest BCUT2D eigenvalue weighted by molar-refractivity contribution is 7.89. The van der Waals surface area contributed by atoms with E-state index in [1.54, 1.807) is 12.3 Å². The van der Waals surface area contributed by atoms with Crippen molar-refractivity contribution in [3.63, 3.8) is 0 Å². The summed E-state index contributed by atoms with van der Waals surface area (Å²) in [6, 6.07) is 8.15. The highest BCUT2D eigenvalue weighted by atomic mass is 35.5. The molecule has 2 aromatic rings. The SMILES string of the molecule is Cc1cccnc1CNS(=O)(=O)c1ccc(Cl)c(CN)c1. The minimum Gasteiger partial charge on any atom is -0.326 e. The molecule has 1 aromatic carbocycles. The first-order valence-electron chi connectivity index (χ1n) is 6.32. The number of aryl methyl sites for hydroxylation is 1. The lowest BCUT2D eigenvalue weighted by Gasteiger charge is -2.10. The van der Waals surface area contributed by atoms with Crippen LogP contribution in [0.3, 0.4) is 0 Å². The summed E-state index contributed by atoms with van der Waals surface area (Å²) in [6.07, 6.45) is 1.63. The van der Waals surface area contributed by atoms with Gasteiger partial charge in [0.25, 0.3) is 0 Å². The Kier molecular flexibility index (Phi) is 4.95. The van der Waals surface area contributed by atoms with Crippen LogP contribution >= 0.6 is 11.6 Å². The monoisotopic (exact) mass is 325 g/mol. The first kappa shape index (κ1) is 15.9. The summed E-state index contributed by atoms with van der Waals surface area (Å²) in [7, 11) is -3.63. The molecule has 21 heavy (non-hydrogen) atoms. The van der Waals surface area contributed by atoms with E-state index in [2.05, 4.69) is 9.71 Å². The number of halogens is 1. The molecular formula is C14H16ClN3O2S. The van der Waals surface area contributed by atoms with Gasteiger partial charge >= 0.3 is 0 Å². The number of pyridine rings is 1. The average Bonchev–Trinajstić information content (AvgIpc) is 2.46. The topological polar surface area (TPSA) is 85.1 Å². The van der Waals surface area contributed by atoms with Crippen LogP contribution in [0, 0.1) is 6.92 Å². The molecule has 0 fully saturated rings. The molecule has 0 aliphatic carbocycles. The Morgan fingerprint density at radius 1 is 1.33 bits per heavy atom. The van der Waals surface area contributed by atoms with Crippen LogP contribution in [0.2, 0.25) is 5.02 Å². The molecule has 0 bridgehead atoms. The minimum absolute atomic E-state index is 0.135. The smallest absolute Gasteiger partial charge is 0.240 e. The largest absolute Gasteiger partial charge is 0.326 e. The summed E-state index contributed by atoms with van der Waals surface area (Å²) in [5.74, 6) is 0. The second-order valence-electron chi connectivity index (χ2n) is 4.55. The Labute approximate surface area is 129 Å². The summed E-state index contributed by atoms with van der Waals surface area (Å²) in [6.45, 7) is 2.20. The molecule has 0 unspecified atom stereocenters. The van der Waals surface area contributed by atoms with Crippen molar-refractivity contribution in [2.45, 2.75) is 24.9 Å². The molecule has 1 heterocycles. The van der Waals surface area contributed by atoms with Crippen molar-refractivity contribution in [1.29, 1.82) is 0 Å². The van der Waals surface area contributed by atoms with Crippen LogP contribution in [0.4, 0.5) is 0 Å². The van der Waals surface area contributed by atoms with Gasteiger partial charge < -0.3 is 5.73 Å². The molecule has 5 nitrogen and oxygen atoms in total. The summed E-state index contributed by atoms with van der Waals surface area (Å²) in [5.41, 5.74) is 7.75. The summed E-state index contributed by atoms with van der Waals surface area (Å²) in [5, 5.41) is 0.456. The molecule has 0 saturated heterocycles. The van der Waals surface area contributed by atoms with Gasteiger partial charge in [0.2, 0.25) is 10.0 Å². The van der Waals surface area contributed by atoms with Gasteiger partial charge in [-0.25, -0.2) is 13.1 Å². The van der Waals surface area contributed by atoms with Gasteiger partial charge in [0, 0.05) is 17.8 Å². The maximum absolute atomic E-state index is 12.3. The molecule has 112 valence electrons. The van der Waals surface area contributed by atoms with E-state index in [0.29, 0.717) is 16.3 Å². The molecule has 0 aliphatic rings. The van der Waals surface area contributed by atoms with Crippen LogP contribution in [0.15, 0.2) is 41.4 Å². The number of nitrogens with one attached hydrogen (secondary N) is 1. The number of hydrogen-bond acceptors (Lipinski definition) is 4. The first-order chi connectivity index (χ1) is 9.94. The number of benzene rings is 1. The highest BCUT2D eigenvalue weighted by Crippen LogP contribution is 2.20. The predicted octanol–water partition coefficient (Wildman–Crippen LogP) is 1.98. The van der Waals surface area contributed by atoms with Gasteiger partial charge in [-0.3, -0.25) is 4.98 Å². The second-order valence-corrected chi connectivity index (χ2v) is 6.72. The van der Waals surface area contributed by atoms with Crippen LogP contribution in [0.25, 0.3) is 0 Å². The van der Waals surface area contributed by atoms with Gasteiger partial charge in [0.15, 0.2) is 0 Å². The molecule has 0 aliphatic heterocycles. The van der Waals surface area contributed by atoms with Gasteiger partial charge in [0.05, 0.1) is 17.1 Å². The van der Waals surface area contributed by atoms with E-state index in [9.17, 15) is 8.42 Å². The number of sulfonamides is 1. The third-order valence-electron chi connectivity index (χ3n) is 3.09. The van der Waals surface area contributed by atoms with Crippen molar-refractivity contribution in [3.05, 3.63) is 58.4 Å². The van der Waals surface area contributed by atoms with Crippen LogP contribution in [-0.2, 0) is 23.1 Å². The Morgan fingerprint density at radius 2 is 2.10 bits per heavy atom. The van der Waals surface area contributed by atoms with Crippen LogP contribution < -0.4 is 10.5 Å². The van der Waals surface area contributed by atoms with Crippen molar-refractivity contribution in [3.8, 4) is 0 Å². The van der Waals surface area contributed by atoms with Gasteiger partial charge in [-0.15, -0.1) is 0 Å². The number of nitrogens with two attached hydrogens (primary N) is 1. The molecule has 7 heteroatoms. The van der Waals surface area contributed by atoms with E-state index in [1.807, 2.05) is 13.0 Å². The molecule has 0 radical (unpaired) electrons. The standard InChI is InChI=1S/C14H16ClN3O2S/c1-10-3-2-6-17-14(10)9-18-21(19,20)12-4-5-13(15)11(7-12)8-16/h2-7,18H,8-9,16H2,1H3. The average molecular weight is 326 g/mol. The number of aromatic nitrogens is 1. The van der Waals surface area contributed by atoms with Crippen molar-refractivity contribution in [1.82, 2.24) is 9.71 Å². The quantitative estimate of drug-likeness (QED) is 0.880. The maximum atomic E-state index is 12.3. The first-order valence-corrected chi connectivity index (χ1v) is 8.19. The predicted molar refractivity (Wildman–Crippen MR) is 82.3 cm³/mol. The molecule has 0 saturated carbocycles. The van der Waals surface area contributed by atoms with E-state index in [4.69, 9.17) is 17.3 Å². The zero-order valence-electron chi connectivity index (χ0n) is 11.5. The zero-order chi connectivity index (χ0) is 15.5. The molecule has 0 atom stereocenters. The van der Waals surface area contributed by atoms with Crippen LogP contribution in [-0.4, -0.2) is 13.4 Å². The molecule has 2 rings (SSSR count). The van der Waals surface area contributed by atoms with Crippen LogP contribution in [0.5, 0.6) is 0 Å². The lowest BCUT2D eigenvalue weighted by molar-refractivity contribution is 0.580. The lowest BCUT2D eigenvalue weighted by Crippen LogP contribution is -2.24. The normalized spacial score (nSPS) is 11.6. The third kappa shape index (κ3) is 3.79. The number of nitrogens with zero attached hydrogens (tertiary/aromatic N) is 1. The second kappa shape index (κ2) is 6.53. The van der Waals surface area contributed by atoms with Crippen molar-refractivity contribution >= 4 is 21.6 Å². The fourth-order valence-electron chi connectivity index (χ4n) is 1.82. The lowest BCUT2D eigenvalue weighted by atomic mass is 10.2. The van der Waals surface area contributed by atoms with E-state index >= 15 is 0 Å². The van der Waals surface area contributed by atoms with E-state index in [1.165, 1.54) is 18.2 Å². The summed E-state index contributed by atoms with van der Waals surface area (Å²) < 4.78 is 27.1. The Morgan fingerprint density at radius 3 is 2.76 bits per heavy atom. The fraction of sp³-hybridized carbons (Fsp3) is 0.214. The van der Waals surface area contributed by atoms with Gasteiger partial charge in [-0.05, 0) is 42.3 Å². The van der Waals surface area contributed by atoms with Crippen molar-refractivity contribution < 1.29 is 8.42 Å². The minimum atomic E-state index is -3.63. The van der Waals surface area contributed by atoms with Gasteiger partial charge in [-0.2, -0.15) is 0 Å². The summed E-state index contributed by atoms with van der Waals surface area (Å²) >= 11 is 5.93. The van der Waals surface area contributed by atoms with E-state index in [-0.39, 0.29) is 18.0 Å². The molecule has 3 N–H and O–H groups in total. The van der Waals surface area contributed by atoms with Gasteiger partial charge in [-0.1, -0.05) is 17.7 Å². The molecule has 1 aromatic heterocycles. The maximum Gasteiger partial charge on any atom is 0.240 e. The Balaban J connectivity index is 2.21. The number of hydrogen-bond donors (Lipinski definition) is 2. The fourth-order valence-corrected chi connectivity index (χ4v) is 3.06. The van der Waals surface area contributed by atoms with E-state index in [0.717, 1.165) is 5.56 Å². The highest BCUT2D eigenvalue weighted by Gasteiger charge is 2.16. The summed E-state index contributed by atoms with van der Waals surface area (Å²) in [4.78, 5) is 4.29. The van der Waals surface area contributed by atoms with Crippen LogP contribution in [0.1, 0.15) is 16.8 Å². The van der Waals surface area contributed by atoms with Crippen molar-refractivity contribution in [2.75, 3.05) is 0 Å². The molecule has 0 spiro atoms. The van der Waals surface area contributed by atoms with Crippen molar-refractivity contribution in [2.24, 2.45) is 5.73 Å². The number of rotatable bonds is 5.